The molecule has 3 rings (SSSR count). The Hall–Kier alpha value is -3.12. The summed E-state index contributed by atoms with van der Waals surface area (Å²) in [5.74, 6) is -0.274. The lowest BCUT2D eigenvalue weighted by atomic mass is 9.99. The van der Waals surface area contributed by atoms with Gasteiger partial charge in [0.15, 0.2) is 0 Å². The highest BCUT2D eigenvalue weighted by molar-refractivity contribution is 7.98. The molecule has 6 heteroatoms. The summed E-state index contributed by atoms with van der Waals surface area (Å²) in [6, 6.07) is 10.7. The van der Waals surface area contributed by atoms with E-state index in [2.05, 4.69) is 74.0 Å². The average molecular weight is 507 g/mol. The molecule has 0 aliphatic heterocycles. The van der Waals surface area contributed by atoms with Gasteiger partial charge in [-0.2, -0.15) is 5.10 Å². The van der Waals surface area contributed by atoms with E-state index in [1.165, 1.54) is 24.1 Å². The van der Waals surface area contributed by atoms with Crippen molar-refractivity contribution in [3.8, 4) is 5.69 Å². The van der Waals surface area contributed by atoms with Gasteiger partial charge in [-0.05, 0) is 74.1 Å². The molecule has 192 valence electrons. The van der Waals surface area contributed by atoms with E-state index < -0.39 is 0 Å². The summed E-state index contributed by atoms with van der Waals surface area (Å²) in [6.45, 7) is 14.6. The standard InChI is InChI=1S/C27H31FN4S.C3H8/c1-6-10-25(31-24(8-3)19-15-16-29-27(17-19)33-5)22(7-2)23-18-30-32(26(23)9-4)21-13-11-20(28)12-14-21;1-3-2/h7,9-18,24,31H,4,6,8H2,1-3,5H3;3H2,1-2H3/b22-7+,25-10+;. The molecule has 4 nitrogen and oxygen atoms in total. The summed E-state index contributed by atoms with van der Waals surface area (Å²) in [6.07, 6.45) is 14.9. The van der Waals surface area contributed by atoms with Gasteiger partial charge in [0.1, 0.15) is 5.82 Å². The van der Waals surface area contributed by atoms with Gasteiger partial charge >= 0.3 is 0 Å². The average Bonchev–Trinajstić information content (AvgIpc) is 3.32. The van der Waals surface area contributed by atoms with Crippen molar-refractivity contribution in [3.63, 3.8) is 0 Å². The molecule has 0 aliphatic rings. The van der Waals surface area contributed by atoms with Crippen LogP contribution in [0.3, 0.4) is 0 Å². The normalized spacial score (nSPS) is 12.5. The third-order valence-corrected chi connectivity index (χ3v) is 6.10. The zero-order valence-corrected chi connectivity index (χ0v) is 23.2. The van der Waals surface area contributed by atoms with Crippen LogP contribution < -0.4 is 5.32 Å². The number of hydrogen-bond donors (Lipinski definition) is 1. The Morgan fingerprint density at radius 2 is 1.86 bits per heavy atom. The van der Waals surface area contributed by atoms with E-state index in [0.29, 0.717) is 0 Å². The van der Waals surface area contributed by atoms with Crippen LogP contribution in [0.15, 0.2) is 78.2 Å². The fraction of sp³-hybridized carbons (Fsp3) is 0.333. The number of aromatic nitrogens is 3. The van der Waals surface area contributed by atoms with Crippen LogP contribution in [0.4, 0.5) is 4.39 Å². The summed E-state index contributed by atoms with van der Waals surface area (Å²) in [7, 11) is 0. The van der Waals surface area contributed by atoms with Gasteiger partial charge < -0.3 is 5.32 Å². The summed E-state index contributed by atoms with van der Waals surface area (Å²) in [4.78, 5) is 4.41. The number of pyridine rings is 1. The summed E-state index contributed by atoms with van der Waals surface area (Å²) >= 11 is 1.64. The van der Waals surface area contributed by atoms with E-state index in [9.17, 15) is 4.39 Å². The Bertz CT molecular complexity index is 1160. The van der Waals surface area contributed by atoms with Crippen molar-refractivity contribution < 1.29 is 4.39 Å². The lowest BCUT2D eigenvalue weighted by molar-refractivity contribution is 0.585. The molecule has 2 heterocycles. The molecule has 2 aromatic heterocycles. The topological polar surface area (TPSA) is 42.7 Å². The fourth-order valence-corrected chi connectivity index (χ4v) is 4.24. The molecule has 0 fully saturated rings. The molecule has 0 aliphatic carbocycles. The van der Waals surface area contributed by atoms with E-state index >= 15 is 0 Å². The van der Waals surface area contributed by atoms with Crippen molar-refractivity contribution in [2.24, 2.45) is 0 Å². The van der Waals surface area contributed by atoms with Crippen molar-refractivity contribution in [2.75, 3.05) is 6.26 Å². The maximum absolute atomic E-state index is 13.4. The Balaban J connectivity index is 0.00000145. The summed E-state index contributed by atoms with van der Waals surface area (Å²) < 4.78 is 15.2. The summed E-state index contributed by atoms with van der Waals surface area (Å²) in [5.41, 5.74) is 5.93. The molecule has 0 radical (unpaired) electrons. The molecule has 1 unspecified atom stereocenters. The minimum absolute atomic E-state index is 0.144. The second-order valence-electron chi connectivity index (χ2n) is 8.21. The Labute approximate surface area is 220 Å². The maximum atomic E-state index is 13.4. The highest BCUT2D eigenvalue weighted by Crippen LogP contribution is 2.30. The van der Waals surface area contributed by atoms with E-state index in [1.54, 1.807) is 34.7 Å². The van der Waals surface area contributed by atoms with Gasteiger partial charge in [0.25, 0.3) is 0 Å². The molecule has 1 N–H and O–H groups in total. The molecular formula is C30H39FN4S. The lowest BCUT2D eigenvalue weighted by Gasteiger charge is -2.23. The molecule has 36 heavy (non-hydrogen) atoms. The second kappa shape index (κ2) is 15.1. The van der Waals surface area contributed by atoms with Crippen LogP contribution in [0.2, 0.25) is 0 Å². The van der Waals surface area contributed by atoms with Crippen LogP contribution in [0.25, 0.3) is 17.3 Å². The molecule has 1 atom stereocenters. The number of rotatable bonds is 10. The van der Waals surface area contributed by atoms with Crippen LogP contribution >= 0.6 is 11.8 Å². The highest BCUT2D eigenvalue weighted by atomic mass is 32.2. The molecule has 0 saturated carbocycles. The van der Waals surface area contributed by atoms with Gasteiger partial charge in [-0.1, -0.05) is 52.8 Å². The van der Waals surface area contributed by atoms with Crippen molar-refractivity contribution in [1.82, 2.24) is 20.1 Å². The zero-order chi connectivity index (χ0) is 26.5. The SMILES string of the molecule is C=Cc1c(C(=C\C)/C(=C\CC)NC(CC)c2ccnc(SC)c2)cnn1-c1ccc(F)cc1.CCC. The number of nitrogens with one attached hydrogen (secondary N) is 1. The van der Waals surface area contributed by atoms with Crippen LogP contribution in [-0.4, -0.2) is 21.0 Å². The number of hydrogen-bond acceptors (Lipinski definition) is 4. The minimum atomic E-state index is -0.274. The van der Waals surface area contributed by atoms with E-state index in [0.717, 1.165) is 46.1 Å². The van der Waals surface area contributed by atoms with Gasteiger partial charge in [0.05, 0.1) is 28.6 Å². The van der Waals surface area contributed by atoms with Gasteiger partial charge in [0.2, 0.25) is 0 Å². The van der Waals surface area contributed by atoms with E-state index in [1.807, 2.05) is 25.6 Å². The Morgan fingerprint density at radius 3 is 2.42 bits per heavy atom. The van der Waals surface area contributed by atoms with Crippen LogP contribution in [0.1, 0.15) is 76.7 Å². The second-order valence-corrected chi connectivity index (χ2v) is 9.03. The third kappa shape index (κ3) is 7.44. The zero-order valence-electron chi connectivity index (χ0n) is 22.4. The third-order valence-electron chi connectivity index (χ3n) is 5.46. The quantitative estimate of drug-likeness (QED) is 0.221. The molecular weight excluding hydrogens is 467 g/mol. The first-order valence-corrected chi connectivity index (χ1v) is 13.8. The van der Waals surface area contributed by atoms with Crippen molar-refractivity contribution >= 4 is 23.4 Å². The van der Waals surface area contributed by atoms with Crippen molar-refractivity contribution in [2.45, 2.75) is 64.9 Å². The number of benzene rings is 1. The van der Waals surface area contributed by atoms with Crippen molar-refractivity contribution in [3.05, 3.63) is 95.9 Å². The summed E-state index contributed by atoms with van der Waals surface area (Å²) in [5, 5.41) is 9.37. The molecule has 0 bridgehead atoms. The monoisotopic (exact) mass is 506 g/mol. The first-order chi connectivity index (χ1) is 17.5. The number of thioether (sulfide) groups is 1. The minimum Gasteiger partial charge on any atom is -0.378 e. The lowest BCUT2D eigenvalue weighted by Crippen LogP contribution is -2.21. The highest BCUT2D eigenvalue weighted by Gasteiger charge is 2.19. The predicted molar refractivity (Wildman–Crippen MR) is 154 cm³/mol. The molecule has 1 aromatic carbocycles. The van der Waals surface area contributed by atoms with E-state index in [-0.39, 0.29) is 11.9 Å². The van der Waals surface area contributed by atoms with Gasteiger partial charge in [-0.25, -0.2) is 14.1 Å². The maximum Gasteiger partial charge on any atom is 0.123 e. The number of nitrogens with zero attached hydrogens (tertiary/aromatic N) is 3. The van der Waals surface area contributed by atoms with Gasteiger partial charge in [-0.3, -0.25) is 0 Å². The smallest absolute Gasteiger partial charge is 0.123 e. The van der Waals surface area contributed by atoms with Gasteiger partial charge in [-0.15, -0.1) is 11.8 Å². The van der Waals surface area contributed by atoms with Crippen molar-refractivity contribution in [1.29, 1.82) is 0 Å². The first-order valence-electron chi connectivity index (χ1n) is 12.6. The first kappa shape index (κ1) is 29.1. The largest absolute Gasteiger partial charge is 0.378 e. The van der Waals surface area contributed by atoms with Crippen LogP contribution in [-0.2, 0) is 0 Å². The number of allylic oxidation sites excluding steroid dienone is 3. The van der Waals surface area contributed by atoms with Crippen LogP contribution in [0, 0.1) is 5.82 Å². The fourth-order valence-electron chi connectivity index (χ4n) is 3.82. The number of halogens is 1. The predicted octanol–water partition coefficient (Wildman–Crippen LogP) is 8.63. The Morgan fingerprint density at radius 1 is 1.17 bits per heavy atom. The molecule has 0 saturated heterocycles. The molecule has 0 spiro atoms. The Kier molecular flexibility index (Phi) is 12.2. The molecule has 3 aromatic rings. The van der Waals surface area contributed by atoms with E-state index in [4.69, 9.17) is 0 Å². The van der Waals surface area contributed by atoms with Gasteiger partial charge in [0, 0.05) is 23.0 Å². The van der Waals surface area contributed by atoms with Crippen LogP contribution in [0.5, 0.6) is 0 Å². The molecule has 0 amide bonds.